The number of carboxylic acids is 1. The number of rotatable bonds is 3. The second kappa shape index (κ2) is 4.79. The van der Waals surface area contributed by atoms with E-state index < -0.39 is 12.0 Å². The lowest BCUT2D eigenvalue weighted by Crippen LogP contribution is -2.45. The van der Waals surface area contributed by atoms with Gasteiger partial charge >= 0.3 is 5.97 Å². The number of carboxylic acid groups (broad SMARTS) is 1. The van der Waals surface area contributed by atoms with Crippen LogP contribution in [0.15, 0.2) is 12.2 Å². The predicted molar refractivity (Wildman–Crippen MR) is 51.7 cm³/mol. The summed E-state index contributed by atoms with van der Waals surface area (Å²) in [5, 5.41) is 11.4. The summed E-state index contributed by atoms with van der Waals surface area (Å²) in [7, 11) is 0. The van der Waals surface area contributed by atoms with Crippen LogP contribution in [0.3, 0.4) is 0 Å². The van der Waals surface area contributed by atoms with Crippen molar-refractivity contribution in [3.05, 3.63) is 12.2 Å². The van der Waals surface area contributed by atoms with E-state index in [9.17, 15) is 9.59 Å². The molecule has 0 radical (unpaired) electrons. The summed E-state index contributed by atoms with van der Waals surface area (Å²) in [6, 6.07) is -0.738. The molecular formula is C10H15NO3. The molecule has 14 heavy (non-hydrogen) atoms. The van der Waals surface area contributed by atoms with Gasteiger partial charge in [0.15, 0.2) is 0 Å². The molecule has 1 aliphatic carbocycles. The van der Waals surface area contributed by atoms with Gasteiger partial charge in [0.1, 0.15) is 6.04 Å². The predicted octanol–water partition coefficient (Wildman–Crippen LogP) is 0.932. The Hall–Kier alpha value is -1.32. The largest absolute Gasteiger partial charge is 0.480 e. The maximum Gasteiger partial charge on any atom is 0.326 e. The average molecular weight is 197 g/mol. The summed E-state index contributed by atoms with van der Waals surface area (Å²) in [6.45, 7) is 1.34. The monoisotopic (exact) mass is 197 g/mol. The Balaban J connectivity index is 2.61. The average Bonchev–Trinajstić information content (AvgIpc) is 2.15. The SMILES string of the molecule is CC(=O)NC(C(=O)O)C1CC=CCC1. The molecule has 0 aliphatic heterocycles. The van der Waals surface area contributed by atoms with Crippen LogP contribution in [0.1, 0.15) is 26.2 Å². The van der Waals surface area contributed by atoms with Crippen LogP contribution in [-0.2, 0) is 9.59 Å². The number of carbonyl (C=O) groups excluding carboxylic acids is 1. The Morgan fingerprint density at radius 2 is 2.21 bits per heavy atom. The molecule has 0 saturated carbocycles. The Morgan fingerprint density at radius 1 is 1.50 bits per heavy atom. The van der Waals surface area contributed by atoms with E-state index in [0.29, 0.717) is 0 Å². The maximum atomic E-state index is 10.9. The molecule has 0 aromatic rings. The van der Waals surface area contributed by atoms with Crippen molar-refractivity contribution in [2.75, 3.05) is 0 Å². The minimum Gasteiger partial charge on any atom is -0.480 e. The molecule has 0 bridgehead atoms. The summed E-state index contributed by atoms with van der Waals surface area (Å²) in [5.74, 6) is -1.20. The highest BCUT2D eigenvalue weighted by Gasteiger charge is 2.28. The molecule has 0 fully saturated rings. The van der Waals surface area contributed by atoms with Crippen molar-refractivity contribution in [1.82, 2.24) is 5.32 Å². The Labute approximate surface area is 83.0 Å². The van der Waals surface area contributed by atoms with Gasteiger partial charge in [-0.15, -0.1) is 0 Å². The standard InChI is InChI=1S/C10H15NO3/c1-7(12)11-9(10(13)14)8-5-3-2-4-6-8/h2-3,8-9H,4-6H2,1H3,(H,11,12)(H,13,14). The summed E-state index contributed by atoms with van der Waals surface area (Å²) < 4.78 is 0. The van der Waals surface area contributed by atoms with Gasteiger partial charge < -0.3 is 10.4 Å². The first-order chi connectivity index (χ1) is 6.61. The van der Waals surface area contributed by atoms with Crippen molar-refractivity contribution in [2.24, 2.45) is 5.92 Å². The van der Waals surface area contributed by atoms with Crippen molar-refractivity contribution in [2.45, 2.75) is 32.2 Å². The van der Waals surface area contributed by atoms with Crippen LogP contribution < -0.4 is 5.32 Å². The molecular weight excluding hydrogens is 182 g/mol. The quantitative estimate of drug-likeness (QED) is 0.661. The number of hydrogen-bond donors (Lipinski definition) is 2. The van der Waals surface area contributed by atoms with Crippen LogP contribution in [0.5, 0.6) is 0 Å². The van der Waals surface area contributed by atoms with E-state index in [2.05, 4.69) is 5.32 Å². The van der Waals surface area contributed by atoms with Crippen molar-refractivity contribution in [3.63, 3.8) is 0 Å². The van der Waals surface area contributed by atoms with E-state index in [0.717, 1.165) is 19.3 Å². The van der Waals surface area contributed by atoms with Crippen LogP contribution in [-0.4, -0.2) is 23.0 Å². The first-order valence-electron chi connectivity index (χ1n) is 4.76. The molecule has 78 valence electrons. The highest BCUT2D eigenvalue weighted by molar-refractivity contribution is 5.82. The minimum absolute atomic E-state index is 0.0291. The van der Waals surface area contributed by atoms with Crippen molar-refractivity contribution >= 4 is 11.9 Å². The highest BCUT2D eigenvalue weighted by Crippen LogP contribution is 2.21. The van der Waals surface area contributed by atoms with E-state index in [1.54, 1.807) is 0 Å². The molecule has 2 atom stereocenters. The van der Waals surface area contributed by atoms with Crippen LogP contribution >= 0.6 is 0 Å². The van der Waals surface area contributed by atoms with Crippen molar-refractivity contribution < 1.29 is 14.7 Å². The highest BCUT2D eigenvalue weighted by atomic mass is 16.4. The van der Waals surface area contributed by atoms with Gasteiger partial charge in [-0.1, -0.05) is 12.2 Å². The van der Waals surface area contributed by atoms with Gasteiger partial charge in [0.2, 0.25) is 5.91 Å². The lowest BCUT2D eigenvalue weighted by Gasteiger charge is -2.24. The number of allylic oxidation sites excluding steroid dienone is 2. The zero-order chi connectivity index (χ0) is 10.6. The van der Waals surface area contributed by atoms with E-state index in [-0.39, 0.29) is 11.8 Å². The maximum absolute atomic E-state index is 10.9. The zero-order valence-corrected chi connectivity index (χ0v) is 8.19. The fourth-order valence-corrected chi connectivity index (χ4v) is 1.72. The fraction of sp³-hybridized carbons (Fsp3) is 0.600. The first kappa shape index (κ1) is 10.8. The lowest BCUT2D eigenvalue weighted by atomic mass is 9.87. The molecule has 4 nitrogen and oxygen atoms in total. The zero-order valence-electron chi connectivity index (χ0n) is 8.19. The number of hydrogen-bond acceptors (Lipinski definition) is 2. The van der Waals surface area contributed by atoms with Gasteiger partial charge in [0.05, 0.1) is 0 Å². The van der Waals surface area contributed by atoms with Crippen molar-refractivity contribution in [3.8, 4) is 0 Å². The fourth-order valence-electron chi connectivity index (χ4n) is 1.72. The Morgan fingerprint density at radius 3 is 2.64 bits per heavy atom. The second-order valence-electron chi connectivity index (χ2n) is 3.56. The van der Waals surface area contributed by atoms with E-state index in [1.807, 2.05) is 12.2 Å². The molecule has 1 amide bonds. The van der Waals surface area contributed by atoms with Gasteiger partial charge in [0.25, 0.3) is 0 Å². The Bertz CT molecular complexity index is 260. The Kier molecular flexibility index (Phi) is 3.68. The van der Waals surface area contributed by atoms with Crippen LogP contribution in [0.25, 0.3) is 0 Å². The molecule has 1 aliphatic rings. The van der Waals surface area contributed by atoms with Crippen LogP contribution in [0.4, 0.5) is 0 Å². The molecule has 1 rings (SSSR count). The number of aliphatic carboxylic acids is 1. The van der Waals surface area contributed by atoms with Gasteiger partial charge in [-0.05, 0) is 25.2 Å². The summed E-state index contributed by atoms with van der Waals surface area (Å²) in [4.78, 5) is 21.7. The van der Waals surface area contributed by atoms with E-state index in [1.165, 1.54) is 6.92 Å². The third-order valence-corrected chi connectivity index (χ3v) is 2.41. The van der Waals surface area contributed by atoms with E-state index >= 15 is 0 Å². The molecule has 0 aromatic carbocycles. The number of nitrogens with one attached hydrogen (secondary N) is 1. The lowest BCUT2D eigenvalue weighted by molar-refractivity contribution is -0.143. The number of carbonyl (C=O) groups is 2. The molecule has 0 heterocycles. The van der Waals surface area contributed by atoms with Crippen LogP contribution in [0, 0.1) is 5.92 Å². The minimum atomic E-state index is -0.944. The molecule has 2 unspecified atom stereocenters. The number of amides is 1. The summed E-state index contributed by atoms with van der Waals surface area (Å²) >= 11 is 0. The van der Waals surface area contributed by atoms with Gasteiger partial charge in [-0.25, -0.2) is 4.79 Å². The summed E-state index contributed by atoms with van der Waals surface area (Å²) in [5.41, 5.74) is 0. The topological polar surface area (TPSA) is 66.4 Å². The van der Waals surface area contributed by atoms with Crippen LogP contribution in [0.2, 0.25) is 0 Å². The van der Waals surface area contributed by atoms with Gasteiger partial charge in [0, 0.05) is 6.92 Å². The van der Waals surface area contributed by atoms with E-state index in [4.69, 9.17) is 5.11 Å². The molecule has 0 saturated heterocycles. The van der Waals surface area contributed by atoms with Gasteiger partial charge in [-0.2, -0.15) is 0 Å². The first-order valence-corrected chi connectivity index (χ1v) is 4.76. The molecule has 2 N–H and O–H groups in total. The smallest absolute Gasteiger partial charge is 0.326 e. The third kappa shape index (κ3) is 2.87. The normalized spacial score (nSPS) is 22.8. The van der Waals surface area contributed by atoms with Crippen molar-refractivity contribution in [1.29, 1.82) is 0 Å². The van der Waals surface area contributed by atoms with Gasteiger partial charge in [-0.3, -0.25) is 4.79 Å². The third-order valence-electron chi connectivity index (χ3n) is 2.41. The molecule has 0 aromatic heterocycles. The molecule has 4 heteroatoms. The molecule has 0 spiro atoms. The second-order valence-corrected chi connectivity index (χ2v) is 3.56. The summed E-state index contributed by atoms with van der Waals surface area (Å²) in [6.07, 6.45) is 6.48.